The highest BCUT2D eigenvalue weighted by atomic mass is 16.1. The summed E-state index contributed by atoms with van der Waals surface area (Å²) in [6.45, 7) is 16.1. The molecule has 116 valence electrons. The number of benzene rings is 1. The Balaban J connectivity index is 2.80. The lowest BCUT2D eigenvalue weighted by Crippen LogP contribution is -2.34. The van der Waals surface area contributed by atoms with E-state index in [1.165, 1.54) is 17.3 Å². The van der Waals surface area contributed by atoms with Crippen molar-refractivity contribution < 1.29 is 4.79 Å². The van der Waals surface area contributed by atoms with Crippen molar-refractivity contribution in [2.75, 3.05) is 0 Å². The second-order valence-corrected chi connectivity index (χ2v) is 7.16. The van der Waals surface area contributed by atoms with Crippen molar-refractivity contribution in [1.82, 2.24) is 0 Å². The van der Waals surface area contributed by atoms with Gasteiger partial charge in [0.15, 0.2) is 12.1 Å². The number of aliphatic imine (C=N–C) groups is 2. The van der Waals surface area contributed by atoms with Gasteiger partial charge in [0.1, 0.15) is 0 Å². The molecule has 0 unspecified atom stereocenters. The fourth-order valence-electron chi connectivity index (χ4n) is 3.20. The van der Waals surface area contributed by atoms with E-state index in [-0.39, 0.29) is 10.8 Å². The van der Waals surface area contributed by atoms with Crippen LogP contribution in [0.5, 0.6) is 0 Å². The van der Waals surface area contributed by atoms with E-state index >= 15 is 0 Å². The number of rotatable bonds is 3. The molecule has 1 aliphatic rings. The van der Waals surface area contributed by atoms with Crippen LogP contribution in [0.25, 0.3) is 0 Å². The van der Waals surface area contributed by atoms with Gasteiger partial charge < -0.3 is 0 Å². The van der Waals surface area contributed by atoms with Gasteiger partial charge >= 0.3 is 0 Å². The SMILES string of the molecule is C=C/N=C(\N=C)c1cc2c(cc1C=O)C(C)(C)CCC2(C)C. The number of hydrogen-bond acceptors (Lipinski definition) is 2. The Morgan fingerprint density at radius 3 is 2.14 bits per heavy atom. The molecule has 0 aromatic heterocycles. The predicted molar refractivity (Wildman–Crippen MR) is 93.4 cm³/mol. The number of amidine groups is 1. The maximum Gasteiger partial charge on any atom is 0.159 e. The van der Waals surface area contributed by atoms with Crippen molar-refractivity contribution in [3.63, 3.8) is 0 Å². The van der Waals surface area contributed by atoms with Crippen molar-refractivity contribution >= 4 is 18.8 Å². The molecular weight excluding hydrogens is 272 g/mol. The number of nitrogens with zero attached hydrogens (tertiary/aromatic N) is 2. The molecular formula is C19H24N2O. The topological polar surface area (TPSA) is 41.8 Å². The Kier molecular flexibility index (Phi) is 4.19. The molecule has 0 aliphatic heterocycles. The van der Waals surface area contributed by atoms with Gasteiger partial charge in [-0.25, -0.2) is 9.98 Å². The minimum absolute atomic E-state index is 0.0680. The van der Waals surface area contributed by atoms with Crippen molar-refractivity contribution in [3.8, 4) is 0 Å². The zero-order valence-electron chi connectivity index (χ0n) is 13.9. The Labute approximate surface area is 132 Å². The van der Waals surface area contributed by atoms with Crippen molar-refractivity contribution in [2.45, 2.75) is 51.4 Å². The molecule has 22 heavy (non-hydrogen) atoms. The van der Waals surface area contributed by atoms with E-state index in [1.54, 1.807) is 0 Å². The second-order valence-electron chi connectivity index (χ2n) is 7.16. The maximum absolute atomic E-state index is 11.6. The lowest BCUT2D eigenvalue weighted by atomic mass is 9.62. The van der Waals surface area contributed by atoms with Gasteiger partial charge in [0, 0.05) is 17.3 Å². The van der Waals surface area contributed by atoms with E-state index < -0.39 is 0 Å². The van der Waals surface area contributed by atoms with E-state index in [1.807, 2.05) is 6.07 Å². The summed E-state index contributed by atoms with van der Waals surface area (Å²) in [5, 5.41) is 0. The maximum atomic E-state index is 11.6. The summed E-state index contributed by atoms with van der Waals surface area (Å²) in [6, 6.07) is 4.07. The second kappa shape index (κ2) is 5.64. The average molecular weight is 296 g/mol. The Morgan fingerprint density at radius 1 is 1.14 bits per heavy atom. The Hall–Kier alpha value is -2.03. The molecule has 0 radical (unpaired) electrons. The molecule has 0 bridgehead atoms. The molecule has 1 aromatic carbocycles. The molecule has 3 nitrogen and oxygen atoms in total. The quantitative estimate of drug-likeness (QED) is 0.462. The van der Waals surface area contributed by atoms with Crippen LogP contribution in [0, 0.1) is 0 Å². The first kappa shape index (κ1) is 16.3. The highest BCUT2D eigenvalue weighted by Crippen LogP contribution is 2.46. The first-order chi connectivity index (χ1) is 10.3. The Morgan fingerprint density at radius 2 is 1.68 bits per heavy atom. The summed E-state index contributed by atoms with van der Waals surface area (Å²) >= 11 is 0. The van der Waals surface area contributed by atoms with E-state index in [0.29, 0.717) is 11.4 Å². The normalized spacial score (nSPS) is 19.2. The highest BCUT2D eigenvalue weighted by Gasteiger charge is 2.37. The van der Waals surface area contributed by atoms with Gasteiger partial charge in [0.25, 0.3) is 0 Å². The molecule has 3 heteroatoms. The van der Waals surface area contributed by atoms with Gasteiger partial charge in [-0.1, -0.05) is 34.3 Å². The number of fused-ring (bicyclic) bond motifs is 1. The standard InChI is InChI=1S/C19H24N2O/c1-7-21-17(20-6)14-11-16-15(10-13(14)12-22)18(2,3)8-9-19(16,4)5/h7,10-12H,1,6,8-9H2,2-5H3/b21-17-. The lowest BCUT2D eigenvalue weighted by Gasteiger charge is -2.42. The zero-order chi connectivity index (χ0) is 16.5. The molecule has 1 aromatic rings. The summed E-state index contributed by atoms with van der Waals surface area (Å²) in [6.07, 6.45) is 4.52. The third-order valence-electron chi connectivity index (χ3n) is 4.75. The van der Waals surface area contributed by atoms with Gasteiger partial charge in [-0.15, -0.1) is 0 Å². The van der Waals surface area contributed by atoms with Crippen LogP contribution in [-0.2, 0) is 10.8 Å². The third kappa shape index (κ3) is 2.68. The molecule has 1 aliphatic carbocycles. The van der Waals surface area contributed by atoms with E-state index in [0.717, 1.165) is 24.7 Å². The Bertz CT molecular complexity index is 666. The van der Waals surface area contributed by atoms with Crippen molar-refractivity contribution in [3.05, 3.63) is 47.2 Å². The summed E-state index contributed by atoms with van der Waals surface area (Å²) in [5.41, 5.74) is 3.99. The first-order valence-corrected chi connectivity index (χ1v) is 7.57. The zero-order valence-corrected chi connectivity index (χ0v) is 13.9. The fraction of sp³-hybridized carbons (Fsp3) is 0.421. The molecule has 0 saturated heterocycles. The van der Waals surface area contributed by atoms with Crippen molar-refractivity contribution in [1.29, 1.82) is 0 Å². The van der Waals surface area contributed by atoms with Gasteiger partial charge in [0.05, 0.1) is 0 Å². The smallest absolute Gasteiger partial charge is 0.159 e. The average Bonchev–Trinajstić information content (AvgIpc) is 2.48. The monoisotopic (exact) mass is 296 g/mol. The highest BCUT2D eigenvalue weighted by molar-refractivity contribution is 6.07. The van der Waals surface area contributed by atoms with Gasteiger partial charge in [-0.3, -0.25) is 4.79 Å². The summed E-state index contributed by atoms with van der Waals surface area (Å²) < 4.78 is 0. The molecule has 0 fully saturated rings. The third-order valence-corrected chi connectivity index (χ3v) is 4.75. The van der Waals surface area contributed by atoms with Crippen LogP contribution >= 0.6 is 0 Å². The van der Waals surface area contributed by atoms with Crippen LogP contribution in [0.3, 0.4) is 0 Å². The molecule has 0 heterocycles. The largest absolute Gasteiger partial charge is 0.298 e. The molecule has 0 N–H and O–H groups in total. The predicted octanol–water partition coefficient (Wildman–Crippen LogP) is 4.44. The molecule has 0 atom stereocenters. The number of hydrogen-bond donors (Lipinski definition) is 0. The van der Waals surface area contributed by atoms with Gasteiger partial charge in [0.2, 0.25) is 0 Å². The minimum Gasteiger partial charge on any atom is -0.298 e. The van der Waals surface area contributed by atoms with Crippen molar-refractivity contribution in [2.24, 2.45) is 9.98 Å². The van der Waals surface area contributed by atoms with Crippen LogP contribution in [0.4, 0.5) is 0 Å². The van der Waals surface area contributed by atoms with Gasteiger partial charge in [-0.2, -0.15) is 0 Å². The molecule has 0 saturated carbocycles. The summed E-state index contributed by atoms with van der Waals surface area (Å²) in [4.78, 5) is 19.7. The molecule has 0 spiro atoms. The van der Waals surface area contributed by atoms with Crippen LogP contribution in [0.2, 0.25) is 0 Å². The summed E-state index contributed by atoms with van der Waals surface area (Å²) in [7, 11) is 0. The van der Waals surface area contributed by atoms with E-state index in [4.69, 9.17) is 0 Å². The van der Waals surface area contributed by atoms with Crippen LogP contribution in [-0.4, -0.2) is 18.8 Å². The minimum atomic E-state index is 0.0680. The number of aldehydes is 1. The summed E-state index contributed by atoms with van der Waals surface area (Å²) in [5.74, 6) is 0.444. The van der Waals surface area contributed by atoms with Crippen LogP contribution in [0.15, 0.2) is 34.9 Å². The molecule has 0 amide bonds. The van der Waals surface area contributed by atoms with E-state index in [2.05, 4.69) is 57.0 Å². The lowest BCUT2D eigenvalue weighted by molar-refractivity contribution is 0.112. The molecule has 2 rings (SSSR count). The van der Waals surface area contributed by atoms with Crippen LogP contribution in [0.1, 0.15) is 67.6 Å². The van der Waals surface area contributed by atoms with Gasteiger partial charge in [-0.05, 0) is 53.6 Å². The number of carbonyl (C=O) groups is 1. The fourth-order valence-corrected chi connectivity index (χ4v) is 3.20. The first-order valence-electron chi connectivity index (χ1n) is 7.57. The van der Waals surface area contributed by atoms with Crippen LogP contribution < -0.4 is 0 Å². The van der Waals surface area contributed by atoms with E-state index in [9.17, 15) is 4.79 Å². The number of carbonyl (C=O) groups excluding carboxylic acids is 1.